The van der Waals surface area contributed by atoms with Gasteiger partial charge in [0.15, 0.2) is 0 Å². The van der Waals surface area contributed by atoms with Crippen LogP contribution in [0.25, 0.3) is 0 Å². The number of hydrogen-bond acceptors (Lipinski definition) is 4. The van der Waals surface area contributed by atoms with Gasteiger partial charge in [0.2, 0.25) is 0 Å². The number of aliphatic carboxylic acids is 1. The average Bonchev–Trinajstić information content (AvgIpc) is 2.94. The Morgan fingerprint density at radius 2 is 2.15 bits per heavy atom. The van der Waals surface area contributed by atoms with Crippen LogP contribution in [0.15, 0.2) is 30.6 Å². The predicted molar refractivity (Wildman–Crippen MR) is 71.7 cm³/mol. The molecule has 2 atom stereocenters. The van der Waals surface area contributed by atoms with Crippen LogP contribution in [-0.4, -0.2) is 34.2 Å². The minimum atomic E-state index is -0.858. The summed E-state index contributed by atoms with van der Waals surface area (Å²) < 4.78 is 5.13. The lowest BCUT2D eigenvalue weighted by atomic mass is 9.94. The first-order valence-electron chi connectivity index (χ1n) is 6.34. The van der Waals surface area contributed by atoms with Gasteiger partial charge >= 0.3 is 5.97 Å². The van der Waals surface area contributed by atoms with Crippen molar-refractivity contribution in [1.29, 1.82) is 0 Å². The van der Waals surface area contributed by atoms with E-state index in [0.717, 1.165) is 22.7 Å². The maximum Gasteiger partial charge on any atom is 0.321 e. The molecule has 3 rings (SSSR count). The van der Waals surface area contributed by atoms with Gasteiger partial charge in [-0.1, -0.05) is 12.1 Å². The van der Waals surface area contributed by atoms with E-state index in [-0.39, 0.29) is 6.04 Å². The van der Waals surface area contributed by atoms with E-state index < -0.39 is 12.0 Å². The number of benzene rings is 1. The van der Waals surface area contributed by atoms with Crippen LogP contribution in [0, 0.1) is 0 Å². The van der Waals surface area contributed by atoms with E-state index in [1.54, 1.807) is 13.4 Å². The number of methoxy groups -OCH3 is 1. The van der Waals surface area contributed by atoms with Crippen molar-refractivity contribution >= 4 is 5.97 Å². The number of H-pyrrole nitrogens is 1. The van der Waals surface area contributed by atoms with Crippen molar-refractivity contribution in [2.75, 3.05) is 7.11 Å². The minimum absolute atomic E-state index is 0.225. The van der Waals surface area contributed by atoms with E-state index >= 15 is 0 Å². The molecule has 3 N–H and O–H groups in total. The third kappa shape index (κ3) is 2.14. The van der Waals surface area contributed by atoms with E-state index in [2.05, 4.69) is 15.3 Å². The fourth-order valence-corrected chi connectivity index (χ4v) is 2.50. The Kier molecular flexibility index (Phi) is 3.15. The standard InChI is InChI=1S/C14H15N3O3/c1-20-9-4-2-8(3-5-9)12-13-10(15-7-16-13)6-11(17-12)14(18)19/h2-5,7,11-12,17H,6H2,1H3,(H,15,16)(H,18,19). The first-order valence-corrected chi connectivity index (χ1v) is 6.34. The number of nitrogens with one attached hydrogen (secondary N) is 2. The van der Waals surface area contributed by atoms with Gasteiger partial charge in [-0.3, -0.25) is 10.1 Å². The quantitative estimate of drug-likeness (QED) is 0.779. The fraction of sp³-hybridized carbons (Fsp3) is 0.286. The Morgan fingerprint density at radius 1 is 1.40 bits per heavy atom. The van der Waals surface area contributed by atoms with Crippen molar-refractivity contribution in [2.45, 2.75) is 18.5 Å². The molecule has 6 heteroatoms. The van der Waals surface area contributed by atoms with Crippen LogP contribution < -0.4 is 10.1 Å². The van der Waals surface area contributed by atoms with Gasteiger partial charge in [-0.2, -0.15) is 0 Å². The summed E-state index contributed by atoms with van der Waals surface area (Å²) in [7, 11) is 1.61. The van der Waals surface area contributed by atoms with Crippen molar-refractivity contribution in [3.8, 4) is 5.75 Å². The maximum atomic E-state index is 11.2. The zero-order valence-corrected chi connectivity index (χ0v) is 11.0. The van der Waals surface area contributed by atoms with Crippen LogP contribution in [0.2, 0.25) is 0 Å². The maximum absolute atomic E-state index is 11.2. The molecule has 0 saturated heterocycles. The van der Waals surface area contributed by atoms with Gasteiger partial charge in [0, 0.05) is 12.1 Å². The van der Waals surface area contributed by atoms with E-state index in [4.69, 9.17) is 4.74 Å². The molecule has 0 spiro atoms. The number of aromatic amines is 1. The highest BCUT2D eigenvalue weighted by atomic mass is 16.5. The number of carbonyl (C=O) groups is 1. The zero-order chi connectivity index (χ0) is 14.1. The van der Waals surface area contributed by atoms with Crippen molar-refractivity contribution in [2.24, 2.45) is 0 Å². The van der Waals surface area contributed by atoms with Crippen LogP contribution in [0.5, 0.6) is 5.75 Å². The van der Waals surface area contributed by atoms with Crippen LogP contribution in [-0.2, 0) is 11.2 Å². The molecule has 2 aromatic rings. The largest absolute Gasteiger partial charge is 0.497 e. The summed E-state index contributed by atoms with van der Waals surface area (Å²) in [6, 6.07) is 6.70. The summed E-state index contributed by atoms with van der Waals surface area (Å²) in [5.41, 5.74) is 2.69. The summed E-state index contributed by atoms with van der Waals surface area (Å²) in [6.07, 6.45) is 2.02. The lowest BCUT2D eigenvalue weighted by molar-refractivity contribution is -0.139. The summed E-state index contributed by atoms with van der Waals surface area (Å²) in [6.45, 7) is 0. The van der Waals surface area contributed by atoms with Gasteiger partial charge in [0.25, 0.3) is 0 Å². The van der Waals surface area contributed by atoms with Gasteiger partial charge < -0.3 is 14.8 Å². The van der Waals surface area contributed by atoms with Crippen molar-refractivity contribution in [3.63, 3.8) is 0 Å². The molecule has 6 nitrogen and oxygen atoms in total. The Hall–Kier alpha value is -2.34. The molecule has 0 saturated carbocycles. The van der Waals surface area contributed by atoms with E-state index in [0.29, 0.717) is 6.42 Å². The number of carboxylic acids is 1. The number of ether oxygens (including phenoxy) is 1. The first kappa shape index (κ1) is 12.7. The lowest BCUT2D eigenvalue weighted by Crippen LogP contribution is -2.45. The highest BCUT2D eigenvalue weighted by Gasteiger charge is 2.32. The Labute approximate surface area is 115 Å². The molecule has 0 bridgehead atoms. The molecular formula is C14H15N3O3. The molecule has 0 amide bonds. The molecule has 2 unspecified atom stereocenters. The normalized spacial score (nSPS) is 21.2. The Morgan fingerprint density at radius 3 is 2.80 bits per heavy atom. The Balaban J connectivity index is 1.97. The number of nitrogens with zero attached hydrogens (tertiary/aromatic N) is 1. The molecule has 1 aliphatic rings. The molecule has 0 fully saturated rings. The predicted octanol–water partition coefficient (Wildman–Crippen LogP) is 1.11. The lowest BCUT2D eigenvalue weighted by Gasteiger charge is -2.28. The summed E-state index contributed by atoms with van der Waals surface area (Å²) >= 11 is 0. The van der Waals surface area contributed by atoms with Gasteiger partial charge in [-0.25, -0.2) is 4.98 Å². The van der Waals surface area contributed by atoms with Crippen LogP contribution >= 0.6 is 0 Å². The van der Waals surface area contributed by atoms with Crippen molar-refractivity contribution in [1.82, 2.24) is 15.3 Å². The molecule has 0 radical (unpaired) electrons. The van der Waals surface area contributed by atoms with Crippen molar-refractivity contribution < 1.29 is 14.6 Å². The highest BCUT2D eigenvalue weighted by Crippen LogP contribution is 2.29. The second-order valence-corrected chi connectivity index (χ2v) is 4.73. The summed E-state index contributed by atoms with van der Waals surface area (Å²) in [5.74, 6) is -0.0923. The minimum Gasteiger partial charge on any atom is -0.497 e. The van der Waals surface area contributed by atoms with Crippen LogP contribution in [0.1, 0.15) is 23.0 Å². The number of carboxylic acid groups (broad SMARTS) is 1. The zero-order valence-electron chi connectivity index (χ0n) is 11.0. The number of imidazole rings is 1. The van der Waals surface area contributed by atoms with Gasteiger partial charge in [-0.05, 0) is 17.7 Å². The second-order valence-electron chi connectivity index (χ2n) is 4.73. The molecule has 1 aromatic carbocycles. The molecular weight excluding hydrogens is 258 g/mol. The fourth-order valence-electron chi connectivity index (χ4n) is 2.50. The smallest absolute Gasteiger partial charge is 0.321 e. The highest BCUT2D eigenvalue weighted by molar-refractivity contribution is 5.74. The van der Waals surface area contributed by atoms with Gasteiger partial charge in [-0.15, -0.1) is 0 Å². The molecule has 1 aromatic heterocycles. The van der Waals surface area contributed by atoms with Crippen molar-refractivity contribution in [3.05, 3.63) is 47.5 Å². The number of fused-ring (bicyclic) bond motifs is 1. The summed E-state index contributed by atoms with van der Waals surface area (Å²) in [4.78, 5) is 18.6. The van der Waals surface area contributed by atoms with E-state index in [9.17, 15) is 9.90 Å². The number of rotatable bonds is 3. The molecule has 20 heavy (non-hydrogen) atoms. The average molecular weight is 273 g/mol. The number of hydrogen-bond donors (Lipinski definition) is 3. The van der Waals surface area contributed by atoms with Gasteiger partial charge in [0.1, 0.15) is 11.8 Å². The summed E-state index contributed by atoms with van der Waals surface area (Å²) in [5, 5.41) is 12.4. The van der Waals surface area contributed by atoms with Gasteiger partial charge in [0.05, 0.1) is 25.2 Å². The monoisotopic (exact) mass is 273 g/mol. The first-order chi connectivity index (χ1) is 9.69. The molecule has 2 heterocycles. The molecule has 0 aliphatic carbocycles. The third-order valence-electron chi connectivity index (χ3n) is 3.55. The van der Waals surface area contributed by atoms with E-state index in [1.807, 2.05) is 24.3 Å². The number of aromatic nitrogens is 2. The SMILES string of the molecule is COc1ccc(C2NC(C(=O)O)Cc3[nH]cnc32)cc1. The second kappa shape index (κ2) is 4.97. The molecule has 104 valence electrons. The Bertz CT molecular complexity index is 621. The molecule has 1 aliphatic heterocycles. The topological polar surface area (TPSA) is 87.2 Å². The van der Waals surface area contributed by atoms with E-state index in [1.165, 1.54) is 0 Å². The van der Waals surface area contributed by atoms with Crippen LogP contribution in [0.3, 0.4) is 0 Å². The van der Waals surface area contributed by atoms with Crippen LogP contribution in [0.4, 0.5) is 0 Å². The third-order valence-corrected chi connectivity index (χ3v) is 3.55.